The second kappa shape index (κ2) is 17.6. The molecule has 0 aliphatic heterocycles. The molecule has 6 aromatic heterocycles. The third kappa shape index (κ3) is 8.02. The van der Waals surface area contributed by atoms with Gasteiger partial charge in [0.05, 0.1) is 56.7 Å². The van der Waals surface area contributed by atoms with Gasteiger partial charge >= 0.3 is 0 Å². The summed E-state index contributed by atoms with van der Waals surface area (Å²) in [6, 6.07) is 39.5. The molecule has 0 spiro atoms. The number of aryl methyl sites for hydroxylation is 9. The molecular weight excluding hydrogens is 933 g/mol. The van der Waals surface area contributed by atoms with Gasteiger partial charge < -0.3 is 9.13 Å². The summed E-state index contributed by atoms with van der Waals surface area (Å²) in [6.07, 6.45) is 0. The Labute approximate surface area is 430 Å². The third-order valence-corrected chi connectivity index (χ3v) is 13.3. The molecule has 0 bridgehead atoms. The first-order valence-electron chi connectivity index (χ1n) is 24.3. The van der Waals surface area contributed by atoms with Crippen molar-refractivity contribution in [3.8, 4) is 80.2 Å². The number of aromatic nitrogens is 14. The Morgan fingerprint density at radius 2 is 0.613 bits per heavy atom. The Balaban J connectivity index is 1.27. The van der Waals surface area contributed by atoms with Gasteiger partial charge in [-0.3, -0.25) is 0 Å². The van der Waals surface area contributed by atoms with Crippen LogP contribution in [0.3, 0.4) is 0 Å². The molecule has 12 aromatic rings. The summed E-state index contributed by atoms with van der Waals surface area (Å²) in [6.45, 7) is 16.9. The topological polar surface area (TPSA) is 212 Å². The van der Waals surface area contributed by atoms with E-state index in [9.17, 15) is 10.5 Å². The highest BCUT2D eigenvalue weighted by molar-refractivity contribution is 6.14. The molecule has 16 heteroatoms. The monoisotopic (exact) mass is 976 g/mol. The maximum Gasteiger partial charge on any atom is 0.163 e. The lowest BCUT2D eigenvalue weighted by Gasteiger charge is -2.22. The lowest BCUT2D eigenvalue weighted by Crippen LogP contribution is -2.06. The summed E-state index contributed by atoms with van der Waals surface area (Å²) in [7, 11) is 0. The summed E-state index contributed by atoms with van der Waals surface area (Å²) < 4.78 is 4.43. The largest absolute Gasteiger partial charge is 0.308 e. The van der Waals surface area contributed by atoms with Gasteiger partial charge in [0, 0.05) is 49.4 Å². The fraction of sp³-hybridized carbons (Fsp3) is 0.153. The first-order valence-corrected chi connectivity index (χ1v) is 24.3. The maximum absolute atomic E-state index is 11.3. The van der Waals surface area contributed by atoms with Gasteiger partial charge in [0.1, 0.15) is 46.6 Å². The van der Waals surface area contributed by atoms with Gasteiger partial charge in [-0.25, -0.2) is 59.8 Å². The smallest absolute Gasteiger partial charge is 0.163 e. The molecule has 0 unspecified atom stereocenters. The van der Waals surface area contributed by atoms with E-state index in [0.29, 0.717) is 92.4 Å². The number of nitrogens with zero attached hydrogens (tertiary/aromatic N) is 16. The van der Waals surface area contributed by atoms with Gasteiger partial charge in [0.2, 0.25) is 0 Å². The molecule has 360 valence electrons. The first kappa shape index (κ1) is 46.0. The van der Waals surface area contributed by atoms with Crippen LogP contribution in [-0.2, 0) is 0 Å². The number of nitriles is 2. The minimum atomic E-state index is 0.402. The van der Waals surface area contributed by atoms with E-state index in [2.05, 4.69) is 89.7 Å². The van der Waals surface area contributed by atoms with Crippen LogP contribution in [-0.4, -0.2) is 68.9 Å². The molecule has 0 amide bonds. The molecule has 0 radical (unpaired) electrons. The second-order valence-corrected chi connectivity index (χ2v) is 18.8. The van der Waals surface area contributed by atoms with E-state index in [0.717, 1.165) is 82.6 Å². The van der Waals surface area contributed by atoms with Crippen molar-refractivity contribution >= 4 is 43.6 Å². The number of hydrogen-bond donors (Lipinski definition) is 0. The average Bonchev–Trinajstić information content (AvgIpc) is 3.90. The standard InChI is InChI=1S/C59H44N16/c1-29-20-38(27-60)10-15-44(29)55-53(74-49-23-40(56-66-30(2)62-31(3)67-56)11-16-45(49)46-17-12-41(24-50(46)74)57-68-32(4)63-33(5)69-57)21-39(28-61)22-54(55)75-51-25-42(58-70-34(6)64-35(7)71-58)13-18-47(51)48-19-14-43(26-52(48)75)59-72-36(8)65-37(9)73-59/h10-26H,1-9H3. The lowest BCUT2D eigenvalue weighted by atomic mass is 9.93. The van der Waals surface area contributed by atoms with Crippen LogP contribution in [0.5, 0.6) is 0 Å². The fourth-order valence-electron chi connectivity index (χ4n) is 10.4. The molecule has 0 aliphatic rings. The zero-order valence-corrected chi connectivity index (χ0v) is 42.5. The molecule has 12 rings (SSSR count). The Kier molecular flexibility index (Phi) is 10.8. The first-order chi connectivity index (χ1) is 36.2. The van der Waals surface area contributed by atoms with Crippen molar-refractivity contribution in [1.29, 1.82) is 10.5 Å². The molecule has 0 fully saturated rings. The summed E-state index contributed by atoms with van der Waals surface area (Å²) in [5.74, 6) is 6.99. The summed E-state index contributed by atoms with van der Waals surface area (Å²) in [5, 5.41) is 25.4. The molecule has 0 N–H and O–H groups in total. The Morgan fingerprint density at radius 1 is 0.320 bits per heavy atom. The van der Waals surface area contributed by atoms with Crippen LogP contribution >= 0.6 is 0 Å². The number of fused-ring (bicyclic) bond motifs is 6. The van der Waals surface area contributed by atoms with Gasteiger partial charge in [-0.15, -0.1) is 0 Å². The van der Waals surface area contributed by atoms with Gasteiger partial charge in [0.25, 0.3) is 0 Å². The summed E-state index contributed by atoms with van der Waals surface area (Å²) in [4.78, 5) is 56.2. The zero-order chi connectivity index (χ0) is 52.0. The Hall–Kier alpha value is -10.1. The van der Waals surface area contributed by atoms with E-state index in [4.69, 9.17) is 39.9 Å². The van der Waals surface area contributed by atoms with E-state index in [1.807, 2.05) is 117 Å². The molecule has 0 aliphatic carbocycles. The number of rotatable bonds is 7. The van der Waals surface area contributed by atoms with Crippen LogP contribution < -0.4 is 0 Å². The van der Waals surface area contributed by atoms with Crippen LogP contribution in [0.15, 0.2) is 103 Å². The van der Waals surface area contributed by atoms with Gasteiger partial charge in [-0.05, 0) is 122 Å². The second-order valence-electron chi connectivity index (χ2n) is 18.8. The molecule has 6 aromatic carbocycles. The zero-order valence-electron chi connectivity index (χ0n) is 42.5. The van der Waals surface area contributed by atoms with Crippen molar-refractivity contribution < 1.29 is 0 Å². The minimum absolute atomic E-state index is 0.402. The molecule has 75 heavy (non-hydrogen) atoms. The van der Waals surface area contributed by atoms with E-state index >= 15 is 0 Å². The predicted molar refractivity (Wildman–Crippen MR) is 288 cm³/mol. The highest BCUT2D eigenvalue weighted by Crippen LogP contribution is 2.45. The fourth-order valence-corrected chi connectivity index (χ4v) is 10.4. The van der Waals surface area contributed by atoms with Crippen LogP contribution in [0, 0.1) is 85.0 Å². The molecule has 16 nitrogen and oxygen atoms in total. The molecule has 0 saturated carbocycles. The van der Waals surface area contributed by atoms with Gasteiger partial charge in [-0.2, -0.15) is 10.5 Å². The van der Waals surface area contributed by atoms with Crippen molar-refractivity contribution in [1.82, 2.24) is 68.9 Å². The third-order valence-electron chi connectivity index (χ3n) is 13.3. The molecule has 6 heterocycles. The molecule has 0 saturated heterocycles. The normalized spacial score (nSPS) is 11.5. The molecule has 0 atom stereocenters. The van der Waals surface area contributed by atoms with Crippen molar-refractivity contribution in [3.63, 3.8) is 0 Å². The van der Waals surface area contributed by atoms with Crippen LogP contribution in [0.2, 0.25) is 0 Å². The van der Waals surface area contributed by atoms with E-state index in [1.54, 1.807) is 0 Å². The Bertz CT molecular complexity index is 3970. The van der Waals surface area contributed by atoms with Crippen LogP contribution in [0.4, 0.5) is 0 Å². The van der Waals surface area contributed by atoms with Crippen molar-refractivity contribution in [2.75, 3.05) is 0 Å². The predicted octanol–water partition coefficient (Wildman–Crippen LogP) is 11.5. The highest BCUT2D eigenvalue weighted by atomic mass is 15.1. The SMILES string of the molecule is Cc1nc(C)nc(-c2ccc3c4ccc(-c5nc(C)nc(C)n5)cc4n(-c4cc(C#N)cc(-n5c6cc(-c7nc(C)nc(C)n7)ccc6c6ccc(-c7nc(C)nc(C)n7)cc65)c4-c4ccc(C#N)cc4C)c3c2)n1. The van der Waals surface area contributed by atoms with E-state index < -0.39 is 0 Å². The van der Waals surface area contributed by atoms with E-state index in [-0.39, 0.29) is 0 Å². The van der Waals surface area contributed by atoms with Crippen molar-refractivity contribution in [3.05, 3.63) is 166 Å². The van der Waals surface area contributed by atoms with Crippen LogP contribution in [0.1, 0.15) is 63.3 Å². The average molecular weight is 977 g/mol. The minimum Gasteiger partial charge on any atom is -0.308 e. The van der Waals surface area contributed by atoms with Crippen LogP contribution in [0.25, 0.3) is 112 Å². The Morgan fingerprint density at radius 3 is 0.880 bits per heavy atom. The summed E-state index contributed by atoms with van der Waals surface area (Å²) >= 11 is 0. The highest BCUT2D eigenvalue weighted by Gasteiger charge is 2.26. The van der Waals surface area contributed by atoms with Crippen molar-refractivity contribution in [2.24, 2.45) is 0 Å². The molecular formula is C59H44N16. The maximum atomic E-state index is 11.3. The summed E-state index contributed by atoms with van der Waals surface area (Å²) in [5.41, 5.74) is 11.3. The van der Waals surface area contributed by atoms with Crippen molar-refractivity contribution in [2.45, 2.75) is 62.3 Å². The quantitative estimate of drug-likeness (QED) is 0.145. The van der Waals surface area contributed by atoms with Gasteiger partial charge in [0.15, 0.2) is 23.3 Å². The number of benzene rings is 6. The van der Waals surface area contributed by atoms with Gasteiger partial charge in [-0.1, -0.05) is 54.6 Å². The van der Waals surface area contributed by atoms with E-state index in [1.165, 1.54) is 0 Å². The lowest BCUT2D eigenvalue weighted by molar-refractivity contribution is 0.928. The number of hydrogen-bond acceptors (Lipinski definition) is 14.